The molecule has 0 aliphatic carbocycles. The lowest BCUT2D eigenvalue weighted by molar-refractivity contribution is 0.448. The molecule has 0 saturated heterocycles. The molecule has 0 spiro atoms. The third-order valence-electron chi connectivity index (χ3n) is 2.22. The Labute approximate surface area is 120 Å². The average Bonchev–Trinajstić information content (AvgIpc) is 2.29. The molecule has 7 heteroatoms. The van der Waals surface area contributed by atoms with Gasteiger partial charge in [-0.05, 0) is 18.2 Å². The lowest BCUT2D eigenvalue weighted by atomic mass is 10.4. The molecule has 0 aliphatic rings. The highest BCUT2D eigenvalue weighted by Gasteiger charge is 2.22. The predicted molar refractivity (Wildman–Crippen MR) is 74.7 cm³/mol. The first-order valence-electron chi connectivity index (χ1n) is 4.94. The first kappa shape index (κ1) is 15.2. The van der Waals surface area contributed by atoms with Crippen molar-refractivity contribution >= 4 is 49.2 Å². The summed E-state index contributed by atoms with van der Waals surface area (Å²) in [5.74, 6) is 0. The van der Waals surface area contributed by atoms with E-state index in [-0.39, 0.29) is 9.92 Å². The first-order valence-corrected chi connectivity index (χ1v) is 8.26. The Morgan fingerprint density at radius 3 is 2.41 bits per heavy atom. The molecular weight excluding hydrogens is 349 g/mol. The Hall–Kier alpha value is 0.190. The van der Waals surface area contributed by atoms with Gasteiger partial charge in [0.15, 0.2) is 0 Å². The van der Waals surface area contributed by atoms with Gasteiger partial charge in [-0.2, -0.15) is 4.31 Å². The van der Waals surface area contributed by atoms with E-state index in [1.54, 1.807) is 6.92 Å². The molecule has 0 bridgehead atoms. The molecule has 3 nitrogen and oxygen atoms in total. The number of halogens is 3. The minimum absolute atomic E-state index is 0.162. The molecule has 0 saturated carbocycles. The van der Waals surface area contributed by atoms with E-state index in [9.17, 15) is 8.42 Å². The molecule has 0 aliphatic heterocycles. The topological polar surface area (TPSA) is 37.4 Å². The standard InChI is InChI=1S/C10H12BrCl2NO2S/c1-2-14(6-5-11)17(15,16)8-3-4-9(12)10(13)7-8/h3-4,7H,2,5-6H2,1H3. The van der Waals surface area contributed by atoms with Crippen molar-refractivity contribution in [1.29, 1.82) is 0 Å². The van der Waals surface area contributed by atoms with Gasteiger partial charge in [-0.3, -0.25) is 0 Å². The number of sulfonamides is 1. The third-order valence-corrected chi connectivity index (χ3v) is 5.28. The van der Waals surface area contributed by atoms with Crippen LogP contribution in [0.1, 0.15) is 6.92 Å². The van der Waals surface area contributed by atoms with Gasteiger partial charge in [0.2, 0.25) is 10.0 Å². The number of hydrogen-bond donors (Lipinski definition) is 0. The van der Waals surface area contributed by atoms with Gasteiger partial charge in [-0.1, -0.05) is 46.1 Å². The summed E-state index contributed by atoms with van der Waals surface area (Å²) >= 11 is 14.8. The van der Waals surface area contributed by atoms with Crippen molar-refractivity contribution < 1.29 is 8.42 Å². The summed E-state index contributed by atoms with van der Waals surface area (Å²) in [6, 6.07) is 4.31. The quantitative estimate of drug-likeness (QED) is 0.754. The lowest BCUT2D eigenvalue weighted by Crippen LogP contribution is -2.32. The summed E-state index contributed by atoms with van der Waals surface area (Å²) in [7, 11) is -3.49. The minimum Gasteiger partial charge on any atom is -0.207 e. The van der Waals surface area contributed by atoms with Crippen molar-refractivity contribution in [1.82, 2.24) is 4.31 Å². The zero-order valence-electron chi connectivity index (χ0n) is 9.16. The monoisotopic (exact) mass is 359 g/mol. The van der Waals surface area contributed by atoms with Crippen molar-refractivity contribution in [3.05, 3.63) is 28.2 Å². The number of rotatable bonds is 5. The Kier molecular flexibility index (Phi) is 5.73. The summed E-state index contributed by atoms with van der Waals surface area (Å²) in [5, 5.41) is 1.17. The van der Waals surface area contributed by atoms with Crippen LogP contribution in [0.15, 0.2) is 23.1 Å². The first-order chi connectivity index (χ1) is 7.93. The van der Waals surface area contributed by atoms with E-state index in [0.29, 0.717) is 23.4 Å². The largest absolute Gasteiger partial charge is 0.243 e. The van der Waals surface area contributed by atoms with E-state index in [1.807, 2.05) is 0 Å². The second kappa shape index (κ2) is 6.38. The maximum atomic E-state index is 12.2. The highest BCUT2D eigenvalue weighted by atomic mass is 79.9. The Balaban J connectivity index is 3.15. The van der Waals surface area contributed by atoms with Crippen LogP contribution in [0.25, 0.3) is 0 Å². The summed E-state index contributed by atoms with van der Waals surface area (Å²) < 4.78 is 25.8. The molecule has 1 rings (SSSR count). The minimum atomic E-state index is -3.49. The van der Waals surface area contributed by atoms with E-state index in [0.717, 1.165) is 0 Å². The molecule has 0 atom stereocenters. The van der Waals surface area contributed by atoms with Gasteiger partial charge in [0.25, 0.3) is 0 Å². The van der Waals surface area contributed by atoms with E-state index in [1.165, 1.54) is 22.5 Å². The van der Waals surface area contributed by atoms with Gasteiger partial charge >= 0.3 is 0 Å². The molecule has 1 aromatic carbocycles. The summed E-state index contributed by atoms with van der Waals surface area (Å²) in [6.45, 7) is 2.62. The van der Waals surface area contributed by atoms with E-state index >= 15 is 0 Å². The fourth-order valence-corrected chi connectivity index (χ4v) is 3.83. The molecule has 17 heavy (non-hydrogen) atoms. The van der Waals surface area contributed by atoms with Gasteiger partial charge in [-0.15, -0.1) is 0 Å². The van der Waals surface area contributed by atoms with Crippen molar-refractivity contribution in [2.24, 2.45) is 0 Å². The van der Waals surface area contributed by atoms with Crippen LogP contribution >= 0.6 is 39.1 Å². The third kappa shape index (κ3) is 3.58. The summed E-state index contributed by atoms with van der Waals surface area (Å²) in [6.07, 6.45) is 0. The van der Waals surface area contributed by atoms with E-state index in [2.05, 4.69) is 15.9 Å². The fourth-order valence-electron chi connectivity index (χ4n) is 1.33. The number of alkyl halides is 1. The van der Waals surface area contributed by atoms with Crippen LogP contribution in [0.4, 0.5) is 0 Å². The summed E-state index contributed by atoms with van der Waals surface area (Å²) in [4.78, 5) is 0.162. The van der Waals surface area contributed by atoms with Crippen molar-refractivity contribution in [2.75, 3.05) is 18.4 Å². The highest BCUT2D eigenvalue weighted by molar-refractivity contribution is 9.09. The van der Waals surface area contributed by atoms with Crippen LogP contribution in [0.2, 0.25) is 10.0 Å². The van der Waals surface area contributed by atoms with Gasteiger partial charge in [0, 0.05) is 18.4 Å². The Bertz CT molecular complexity index is 493. The van der Waals surface area contributed by atoms with Gasteiger partial charge in [0.1, 0.15) is 0 Å². The highest BCUT2D eigenvalue weighted by Crippen LogP contribution is 2.26. The van der Waals surface area contributed by atoms with Crippen molar-refractivity contribution in [2.45, 2.75) is 11.8 Å². The number of nitrogens with zero attached hydrogens (tertiary/aromatic N) is 1. The van der Waals surface area contributed by atoms with Gasteiger partial charge in [-0.25, -0.2) is 8.42 Å². The normalized spacial score (nSPS) is 12.1. The van der Waals surface area contributed by atoms with Crippen LogP contribution in [0, 0.1) is 0 Å². The second-order valence-corrected chi connectivity index (χ2v) is 6.81. The fraction of sp³-hybridized carbons (Fsp3) is 0.400. The van der Waals surface area contributed by atoms with Crippen molar-refractivity contribution in [3.8, 4) is 0 Å². The zero-order valence-corrected chi connectivity index (χ0v) is 13.1. The predicted octanol–water partition coefficient (Wildman–Crippen LogP) is 3.40. The van der Waals surface area contributed by atoms with E-state index in [4.69, 9.17) is 23.2 Å². The van der Waals surface area contributed by atoms with Crippen LogP contribution in [-0.4, -0.2) is 31.1 Å². The molecule has 1 aromatic rings. The second-order valence-electron chi connectivity index (χ2n) is 3.26. The Morgan fingerprint density at radius 2 is 1.94 bits per heavy atom. The molecule has 0 aromatic heterocycles. The Morgan fingerprint density at radius 1 is 1.29 bits per heavy atom. The van der Waals surface area contributed by atoms with Crippen LogP contribution in [0.3, 0.4) is 0 Å². The van der Waals surface area contributed by atoms with Crippen LogP contribution < -0.4 is 0 Å². The SMILES string of the molecule is CCN(CCBr)S(=O)(=O)c1ccc(Cl)c(Cl)c1. The van der Waals surface area contributed by atoms with Crippen LogP contribution in [-0.2, 0) is 10.0 Å². The molecule has 0 unspecified atom stereocenters. The molecule has 96 valence electrons. The zero-order chi connectivity index (χ0) is 13.1. The number of benzene rings is 1. The van der Waals surface area contributed by atoms with Gasteiger partial charge in [0.05, 0.1) is 14.9 Å². The van der Waals surface area contributed by atoms with E-state index < -0.39 is 10.0 Å². The molecule has 0 fully saturated rings. The van der Waals surface area contributed by atoms with Crippen LogP contribution in [0.5, 0.6) is 0 Å². The molecular formula is C10H12BrCl2NO2S. The smallest absolute Gasteiger partial charge is 0.207 e. The maximum absolute atomic E-state index is 12.2. The molecule has 0 amide bonds. The summed E-state index contributed by atoms with van der Waals surface area (Å²) in [5.41, 5.74) is 0. The van der Waals surface area contributed by atoms with Gasteiger partial charge < -0.3 is 0 Å². The molecule has 0 heterocycles. The lowest BCUT2D eigenvalue weighted by Gasteiger charge is -2.19. The molecule has 0 radical (unpaired) electrons. The average molecular weight is 361 g/mol. The molecule has 0 N–H and O–H groups in total. The maximum Gasteiger partial charge on any atom is 0.243 e. The van der Waals surface area contributed by atoms with Crippen molar-refractivity contribution in [3.63, 3.8) is 0 Å². The number of hydrogen-bond acceptors (Lipinski definition) is 2.